The molecule has 0 N–H and O–H groups in total. The first-order valence-corrected chi connectivity index (χ1v) is 15.1. The van der Waals surface area contributed by atoms with Crippen molar-refractivity contribution in [2.24, 2.45) is 5.92 Å². The number of hydrogen-bond acceptors (Lipinski definition) is 9. The minimum absolute atomic E-state index is 0.00917. The van der Waals surface area contributed by atoms with Crippen LogP contribution in [-0.2, 0) is 35.1 Å². The molecule has 0 bridgehead atoms. The van der Waals surface area contributed by atoms with Gasteiger partial charge in [0, 0.05) is 19.0 Å². The Hall–Kier alpha value is -5.19. The van der Waals surface area contributed by atoms with Crippen LogP contribution in [0.1, 0.15) is 83.4 Å². The van der Waals surface area contributed by atoms with Gasteiger partial charge in [-0.3, -0.25) is 4.79 Å². The zero-order valence-electron chi connectivity index (χ0n) is 26.3. The van der Waals surface area contributed by atoms with Gasteiger partial charge in [0.25, 0.3) is 0 Å². The molecule has 11 heteroatoms. The molecule has 3 atom stereocenters. The van der Waals surface area contributed by atoms with Gasteiger partial charge in [-0.1, -0.05) is 54.6 Å². The molecule has 2 aromatic carbocycles. The molecule has 1 saturated carbocycles. The zero-order valence-corrected chi connectivity index (χ0v) is 26.3. The number of esters is 4. The highest BCUT2D eigenvalue weighted by atomic mass is 16.6. The number of ether oxygens (including phenoxy) is 4. The van der Waals surface area contributed by atoms with Crippen molar-refractivity contribution in [1.82, 2.24) is 14.1 Å². The van der Waals surface area contributed by atoms with Crippen molar-refractivity contribution in [3.63, 3.8) is 0 Å². The van der Waals surface area contributed by atoms with Gasteiger partial charge in [-0.05, 0) is 49.6 Å². The van der Waals surface area contributed by atoms with Crippen LogP contribution in [0.5, 0.6) is 0 Å². The first-order chi connectivity index (χ1) is 22.1. The molecule has 2 heterocycles. The minimum Gasteiger partial charge on any atom is -0.469 e. The summed E-state index contributed by atoms with van der Waals surface area (Å²) in [5, 5.41) is 0. The van der Waals surface area contributed by atoms with E-state index >= 15 is 0 Å². The third-order valence-corrected chi connectivity index (χ3v) is 8.24. The molecule has 11 nitrogen and oxygen atoms in total. The van der Waals surface area contributed by atoms with Crippen LogP contribution in [-0.4, -0.2) is 57.3 Å². The fourth-order valence-electron chi connectivity index (χ4n) is 5.14. The maximum absolute atomic E-state index is 13.1. The van der Waals surface area contributed by atoms with Crippen LogP contribution in [0, 0.1) is 5.92 Å². The largest absolute Gasteiger partial charge is 0.469 e. The van der Waals surface area contributed by atoms with E-state index in [4.69, 9.17) is 14.2 Å². The summed E-state index contributed by atoms with van der Waals surface area (Å²) in [6.45, 7) is 5.46. The number of carbonyl (C=O) groups excluding carboxylic acids is 4. The summed E-state index contributed by atoms with van der Waals surface area (Å²) in [5.74, 6) is -2.78. The molecule has 2 aromatic heterocycles. The number of methoxy groups -OCH3 is 1. The third kappa shape index (κ3) is 7.03. The maximum Gasteiger partial charge on any atom is 0.357 e. The Balaban J connectivity index is 1.16. The second kappa shape index (κ2) is 13.8. The first kappa shape index (κ1) is 32.2. The molecule has 0 spiro atoms. The predicted octanol–water partition coefficient (Wildman–Crippen LogP) is 5.30. The highest BCUT2D eigenvalue weighted by molar-refractivity contribution is 5.92. The number of rotatable bonds is 13. The summed E-state index contributed by atoms with van der Waals surface area (Å²) in [5.41, 5.74) is 1.99. The normalized spacial score (nSPS) is 15.2. The van der Waals surface area contributed by atoms with Gasteiger partial charge in [0.05, 0.1) is 37.6 Å². The molecule has 1 aliphatic rings. The molecule has 46 heavy (non-hydrogen) atoms. The Morgan fingerprint density at radius 1 is 0.804 bits per heavy atom. The van der Waals surface area contributed by atoms with E-state index in [0.717, 1.165) is 16.7 Å². The van der Waals surface area contributed by atoms with E-state index in [0.29, 0.717) is 18.5 Å². The second-order valence-corrected chi connectivity index (χ2v) is 11.5. The van der Waals surface area contributed by atoms with Crippen LogP contribution in [0.3, 0.4) is 0 Å². The lowest BCUT2D eigenvalue weighted by atomic mass is 10.1. The highest BCUT2D eigenvalue weighted by Crippen LogP contribution is 2.42. The van der Waals surface area contributed by atoms with E-state index < -0.39 is 35.4 Å². The van der Waals surface area contributed by atoms with Crippen molar-refractivity contribution in [3.8, 4) is 0 Å². The van der Waals surface area contributed by atoms with E-state index in [9.17, 15) is 19.2 Å². The molecule has 4 aromatic rings. The minimum atomic E-state index is -1.30. The SMILES string of the molecule is COC(=O)[C@@H](C)COC(=O)c1cccn1[C@H](C)c1ccc(COC(=O)C2(OC(=O)c3cncn3[C@H](C)c3ccccc3)CC2)cc1. The molecule has 0 amide bonds. The van der Waals surface area contributed by atoms with E-state index in [1.54, 1.807) is 40.7 Å². The van der Waals surface area contributed by atoms with Crippen molar-refractivity contribution >= 4 is 23.9 Å². The Kier molecular flexibility index (Phi) is 9.69. The second-order valence-electron chi connectivity index (χ2n) is 11.5. The highest BCUT2D eigenvalue weighted by Gasteiger charge is 2.56. The van der Waals surface area contributed by atoms with E-state index in [2.05, 4.69) is 9.72 Å². The van der Waals surface area contributed by atoms with Crippen molar-refractivity contribution in [3.05, 3.63) is 114 Å². The van der Waals surface area contributed by atoms with Crippen LogP contribution in [0.4, 0.5) is 0 Å². The maximum atomic E-state index is 13.1. The summed E-state index contributed by atoms with van der Waals surface area (Å²) in [6, 6.07) is 20.2. The van der Waals surface area contributed by atoms with E-state index in [1.807, 2.05) is 68.4 Å². The van der Waals surface area contributed by atoms with Gasteiger partial charge in [-0.25, -0.2) is 19.4 Å². The summed E-state index contributed by atoms with van der Waals surface area (Å²) >= 11 is 0. The standard InChI is InChI=1S/C35H37N3O8/c1-23(31(39)43-4)20-44-32(40)29-11-8-18-37(29)24(2)28-14-12-26(13-15-28)21-45-34(42)35(16-17-35)46-33(41)30-19-36-22-38(30)25(3)27-9-6-5-7-10-27/h5-15,18-19,22-25H,16-17,20-21H2,1-4H3/t23-,24+,25+/m0/s1. The number of hydrogen-bond donors (Lipinski definition) is 0. The van der Waals surface area contributed by atoms with Gasteiger partial charge in [-0.2, -0.15) is 0 Å². The molecular formula is C35H37N3O8. The molecule has 0 unspecified atom stereocenters. The van der Waals surface area contributed by atoms with Gasteiger partial charge >= 0.3 is 23.9 Å². The van der Waals surface area contributed by atoms with Crippen molar-refractivity contribution in [2.45, 2.75) is 57.9 Å². The van der Waals surface area contributed by atoms with E-state index in [-0.39, 0.29) is 31.0 Å². The Morgan fingerprint density at radius 2 is 1.48 bits per heavy atom. The van der Waals surface area contributed by atoms with Crippen molar-refractivity contribution < 1.29 is 38.1 Å². The van der Waals surface area contributed by atoms with Gasteiger partial charge in [0.15, 0.2) is 0 Å². The number of carbonyl (C=O) groups is 4. The fourth-order valence-corrected chi connectivity index (χ4v) is 5.14. The number of benzene rings is 2. The van der Waals surface area contributed by atoms with Gasteiger partial charge in [0.1, 0.15) is 24.6 Å². The molecule has 0 radical (unpaired) electrons. The Bertz CT molecular complexity index is 1690. The van der Waals surface area contributed by atoms with Gasteiger partial charge in [-0.15, -0.1) is 0 Å². The van der Waals surface area contributed by atoms with Crippen molar-refractivity contribution in [2.75, 3.05) is 13.7 Å². The average Bonchev–Trinajstić information content (AvgIpc) is 3.45. The van der Waals surface area contributed by atoms with Gasteiger partial charge < -0.3 is 28.1 Å². The summed E-state index contributed by atoms with van der Waals surface area (Å²) in [6.07, 6.45) is 5.58. The molecule has 5 rings (SSSR count). The molecular weight excluding hydrogens is 590 g/mol. The quantitative estimate of drug-likeness (QED) is 0.143. The topological polar surface area (TPSA) is 128 Å². The zero-order chi connectivity index (χ0) is 32.8. The molecule has 0 aliphatic heterocycles. The van der Waals surface area contributed by atoms with Crippen LogP contribution in [0.2, 0.25) is 0 Å². The lowest BCUT2D eigenvalue weighted by Gasteiger charge is -2.19. The lowest BCUT2D eigenvalue weighted by molar-refractivity contribution is -0.158. The number of imidazole rings is 1. The molecule has 1 fully saturated rings. The summed E-state index contributed by atoms with van der Waals surface area (Å²) in [4.78, 5) is 54.7. The van der Waals surface area contributed by atoms with Crippen LogP contribution in [0.15, 0.2) is 85.5 Å². The van der Waals surface area contributed by atoms with E-state index in [1.165, 1.54) is 13.3 Å². The van der Waals surface area contributed by atoms with Crippen molar-refractivity contribution in [1.29, 1.82) is 0 Å². The number of nitrogens with zero attached hydrogens (tertiary/aromatic N) is 3. The molecule has 240 valence electrons. The Labute approximate surface area is 267 Å². The third-order valence-electron chi connectivity index (χ3n) is 8.24. The summed E-state index contributed by atoms with van der Waals surface area (Å²) < 4.78 is 24.8. The monoisotopic (exact) mass is 627 g/mol. The molecule has 1 aliphatic carbocycles. The lowest BCUT2D eigenvalue weighted by Crippen LogP contribution is -2.32. The van der Waals surface area contributed by atoms with Crippen LogP contribution >= 0.6 is 0 Å². The smallest absolute Gasteiger partial charge is 0.357 e. The average molecular weight is 628 g/mol. The first-order valence-electron chi connectivity index (χ1n) is 15.1. The Morgan fingerprint density at radius 3 is 2.15 bits per heavy atom. The van der Waals surface area contributed by atoms with Crippen LogP contribution in [0.25, 0.3) is 0 Å². The predicted molar refractivity (Wildman–Crippen MR) is 166 cm³/mol. The van der Waals surface area contributed by atoms with Gasteiger partial charge in [0.2, 0.25) is 5.60 Å². The number of aromatic nitrogens is 3. The summed E-state index contributed by atoms with van der Waals surface area (Å²) in [7, 11) is 1.29. The van der Waals surface area contributed by atoms with Crippen LogP contribution < -0.4 is 0 Å². The fraction of sp³-hybridized carbons (Fsp3) is 0.343. The molecule has 0 saturated heterocycles.